The normalized spacial score (nSPS) is 10.1. The molecule has 0 spiro atoms. The topological polar surface area (TPSA) is 66.8 Å². The molecule has 1 aromatic rings. The summed E-state index contributed by atoms with van der Waals surface area (Å²) in [6.45, 7) is 1.63. The van der Waals surface area contributed by atoms with Gasteiger partial charge in [0, 0.05) is 4.47 Å². The molecule has 0 aliphatic rings. The molecule has 15 heavy (non-hydrogen) atoms. The fraction of sp³-hybridized carbons (Fsp3) is 0.300. The van der Waals surface area contributed by atoms with E-state index in [-0.39, 0.29) is 24.5 Å². The van der Waals surface area contributed by atoms with Crippen LogP contribution in [-0.2, 0) is 0 Å². The van der Waals surface area contributed by atoms with E-state index in [1.165, 1.54) is 0 Å². The Morgan fingerprint density at radius 1 is 1.53 bits per heavy atom. The molecule has 1 aromatic carbocycles. The summed E-state index contributed by atoms with van der Waals surface area (Å²) in [5.74, 6) is -0.765. The van der Waals surface area contributed by atoms with Gasteiger partial charge in [0.2, 0.25) is 0 Å². The van der Waals surface area contributed by atoms with Crippen molar-refractivity contribution in [2.45, 2.75) is 6.92 Å². The molecule has 1 rings (SSSR count). The van der Waals surface area contributed by atoms with Gasteiger partial charge in [-0.05, 0) is 24.6 Å². The molecule has 0 amide bonds. The van der Waals surface area contributed by atoms with Crippen molar-refractivity contribution in [2.75, 3.05) is 13.2 Å². The summed E-state index contributed by atoms with van der Waals surface area (Å²) in [7, 11) is 0. The highest BCUT2D eigenvalue weighted by molar-refractivity contribution is 9.10. The number of carbonyl (C=O) groups is 1. The van der Waals surface area contributed by atoms with Crippen LogP contribution in [0, 0.1) is 6.92 Å². The third-order valence-electron chi connectivity index (χ3n) is 1.92. The van der Waals surface area contributed by atoms with E-state index < -0.39 is 5.97 Å². The predicted octanol–water partition coefficient (Wildman–Crippen LogP) is 1.83. The Labute approximate surface area is 95.6 Å². The number of rotatable bonds is 4. The van der Waals surface area contributed by atoms with Gasteiger partial charge in [-0.15, -0.1) is 0 Å². The third kappa shape index (κ3) is 2.70. The van der Waals surface area contributed by atoms with Crippen molar-refractivity contribution in [3.8, 4) is 5.75 Å². The summed E-state index contributed by atoms with van der Waals surface area (Å²) in [4.78, 5) is 11.0. The molecule has 0 aliphatic heterocycles. The molecule has 2 N–H and O–H groups in total. The van der Waals surface area contributed by atoms with Gasteiger partial charge < -0.3 is 14.9 Å². The van der Waals surface area contributed by atoms with E-state index in [0.717, 1.165) is 4.47 Å². The van der Waals surface area contributed by atoms with Crippen LogP contribution in [0.4, 0.5) is 0 Å². The summed E-state index contributed by atoms with van der Waals surface area (Å²) in [6, 6.07) is 3.28. The Balaban J connectivity index is 3.15. The fourth-order valence-corrected chi connectivity index (χ4v) is 1.53. The van der Waals surface area contributed by atoms with Gasteiger partial charge >= 0.3 is 5.97 Å². The smallest absolute Gasteiger partial charge is 0.339 e. The largest absolute Gasteiger partial charge is 0.490 e. The zero-order valence-corrected chi connectivity index (χ0v) is 9.74. The van der Waals surface area contributed by atoms with Crippen LogP contribution in [0.25, 0.3) is 0 Å². The van der Waals surface area contributed by atoms with Crippen molar-refractivity contribution in [1.29, 1.82) is 0 Å². The van der Waals surface area contributed by atoms with Crippen molar-refractivity contribution >= 4 is 21.9 Å². The number of ether oxygens (including phenoxy) is 1. The molecule has 0 radical (unpaired) electrons. The van der Waals surface area contributed by atoms with E-state index in [4.69, 9.17) is 14.9 Å². The van der Waals surface area contributed by atoms with Gasteiger partial charge in [0.05, 0.1) is 6.61 Å². The average Bonchev–Trinajstić information content (AvgIpc) is 2.19. The first-order valence-corrected chi connectivity index (χ1v) is 5.13. The maximum atomic E-state index is 11.0. The minimum atomic E-state index is -1.04. The SMILES string of the molecule is Cc1c(Br)ccc(OCCO)c1C(=O)O. The quantitative estimate of drug-likeness (QED) is 0.879. The Kier molecular flexibility index (Phi) is 4.11. The number of carboxylic acid groups (broad SMARTS) is 1. The van der Waals surface area contributed by atoms with Crippen molar-refractivity contribution in [2.24, 2.45) is 0 Å². The van der Waals surface area contributed by atoms with E-state index >= 15 is 0 Å². The molecule has 0 atom stereocenters. The predicted molar refractivity (Wildman–Crippen MR) is 58.4 cm³/mol. The van der Waals surface area contributed by atoms with Gasteiger partial charge in [0.1, 0.15) is 17.9 Å². The van der Waals surface area contributed by atoms with E-state index in [2.05, 4.69) is 15.9 Å². The minimum Gasteiger partial charge on any atom is -0.490 e. The fourth-order valence-electron chi connectivity index (χ4n) is 1.20. The number of benzene rings is 1. The standard InChI is InChI=1S/C10H11BrO4/c1-6-7(11)2-3-8(15-5-4-12)9(6)10(13)14/h2-3,12H,4-5H2,1H3,(H,13,14). The van der Waals surface area contributed by atoms with Crippen LogP contribution in [0.5, 0.6) is 5.75 Å². The third-order valence-corrected chi connectivity index (χ3v) is 2.78. The number of hydrogen-bond acceptors (Lipinski definition) is 3. The number of aromatic carboxylic acids is 1. The lowest BCUT2D eigenvalue weighted by Crippen LogP contribution is -2.08. The molecular weight excluding hydrogens is 264 g/mol. The first-order chi connectivity index (χ1) is 7.07. The number of halogens is 1. The minimum absolute atomic E-state index is 0.0847. The number of aliphatic hydroxyl groups excluding tert-OH is 1. The van der Waals surface area contributed by atoms with Crippen LogP contribution in [0.2, 0.25) is 0 Å². The monoisotopic (exact) mass is 274 g/mol. The maximum absolute atomic E-state index is 11.0. The summed E-state index contributed by atoms with van der Waals surface area (Å²) in [5.41, 5.74) is 0.732. The molecule has 0 saturated heterocycles. The Morgan fingerprint density at radius 3 is 2.73 bits per heavy atom. The molecule has 0 fully saturated rings. The van der Waals surface area contributed by atoms with Crippen molar-refractivity contribution in [3.63, 3.8) is 0 Å². The first kappa shape index (κ1) is 12.0. The Bertz CT molecular complexity index is 376. The van der Waals surface area contributed by atoms with Crippen LogP contribution >= 0.6 is 15.9 Å². The molecule has 0 bridgehead atoms. The highest BCUT2D eigenvalue weighted by Crippen LogP contribution is 2.28. The van der Waals surface area contributed by atoms with Crippen molar-refractivity contribution in [1.82, 2.24) is 0 Å². The second-order valence-corrected chi connectivity index (χ2v) is 3.78. The molecule has 0 unspecified atom stereocenters. The zero-order chi connectivity index (χ0) is 11.4. The second kappa shape index (κ2) is 5.14. The lowest BCUT2D eigenvalue weighted by Gasteiger charge is -2.11. The molecule has 5 heteroatoms. The van der Waals surface area contributed by atoms with Gasteiger partial charge in [0.15, 0.2) is 0 Å². The van der Waals surface area contributed by atoms with Crippen LogP contribution in [-0.4, -0.2) is 29.4 Å². The van der Waals surface area contributed by atoms with Crippen LogP contribution in [0.3, 0.4) is 0 Å². The van der Waals surface area contributed by atoms with E-state index in [1.807, 2.05) is 0 Å². The summed E-state index contributed by atoms with van der Waals surface area (Å²) >= 11 is 3.25. The molecular formula is C10H11BrO4. The Morgan fingerprint density at radius 2 is 2.20 bits per heavy atom. The average molecular weight is 275 g/mol. The first-order valence-electron chi connectivity index (χ1n) is 4.34. The van der Waals surface area contributed by atoms with E-state index in [0.29, 0.717) is 5.56 Å². The Hall–Kier alpha value is -1.07. The van der Waals surface area contributed by atoms with Gasteiger partial charge in [-0.3, -0.25) is 0 Å². The number of aliphatic hydroxyl groups is 1. The molecule has 0 heterocycles. The highest BCUT2D eigenvalue weighted by atomic mass is 79.9. The number of carboxylic acids is 1. The van der Waals surface area contributed by atoms with E-state index in [1.54, 1.807) is 19.1 Å². The van der Waals surface area contributed by atoms with Gasteiger partial charge in [-0.1, -0.05) is 15.9 Å². The highest BCUT2D eigenvalue weighted by Gasteiger charge is 2.16. The molecule has 82 valence electrons. The van der Waals surface area contributed by atoms with Gasteiger partial charge in [-0.2, -0.15) is 0 Å². The van der Waals surface area contributed by atoms with Gasteiger partial charge in [0.25, 0.3) is 0 Å². The van der Waals surface area contributed by atoms with Gasteiger partial charge in [-0.25, -0.2) is 4.79 Å². The summed E-state index contributed by atoms with van der Waals surface area (Å²) in [5, 5.41) is 17.6. The molecule has 0 aromatic heterocycles. The lowest BCUT2D eigenvalue weighted by molar-refractivity contribution is 0.0690. The zero-order valence-electron chi connectivity index (χ0n) is 8.16. The van der Waals surface area contributed by atoms with Crippen molar-refractivity contribution in [3.05, 3.63) is 27.7 Å². The summed E-state index contributed by atoms with van der Waals surface area (Å²) < 4.78 is 5.85. The van der Waals surface area contributed by atoms with E-state index in [9.17, 15) is 4.79 Å². The van der Waals surface area contributed by atoms with Crippen LogP contribution < -0.4 is 4.74 Å². The molecule has 0 saturated carbocycles. The summed E-state index contributed by atoms with van der Waals surface area (Å²) in [6.07, 6.45) is 0. The second-order valence-electron chi connectivity index (χ2n) is 2.92. The maximum Gasteiger partial charge on any atom is 0.339 e. The number of hydrogen-bond donors (Lipinski definition) is 2. The molecule has 4 nitrogen and oxygen atoms in total. The van der Waals surface area contributed by atoms with Crippen LogP contribution in [0.1, 0.15) is 15.9 Å². The molecule has 0 aliphatic carbocycles. The lowest BCUT2D eigenvalue weighted by atomic mass is 10.1. The van der Waals surface area contributed by atoms with Crippen LogP contribution in [0.15, 0.2) is 16.6 Å². The van der Waals surface area contributed by atoms with Crippen molar-refractivity contribution < 1.29 is 19.7 Å².